The average molecular weight is 479 g/mol. The Morgan fingerprint density at radius 1 is 1.15 bits per heavy atom. The zero-order valence-corrected chi connectivity index (χ0v) is 19.2. The number of ether oxygens (including phenoxy) is 1. The highest BCUT2D eigenvalue weighted by Gasteiger charge is 2.34. The first kappa shape index (κ1) is 23.2. The van der Waals surface area contributed by atoms with E-state index in [1.54, 1.807) is 19.3 Å². The molecule has 33 heavy (non-hydrogen) atoms. The summed E-state index contributed by atoms with van der Waals surface area (Å²) in [7, 11) is -4.08. The fourth-order valence-corrected chi connectivity index (χ4v) is 4.84. The molecule has 0 aliphatic carbocycles. The molecule has 0 amide bonds. The van der Waals surface area contributed by atoms with Crippen molar-refractivity contribution in [2.45, 2.75) is 50.9 Å². The molecule has 12 heteroatoms. The summed E-state index contributed by atoms with van der Waals surface area (Å²) in [5.74, 6) is -2.18. The lowest BCUT2D eigenvalue weighted by molar-refractivity contribution is 0.103. The molecule has 1 N–H and O–H groups in total. The van der Waals surface area contributed by atoms with Crippen LogP contribution in [-0.2, 0) is 14.8 Å². The molecular formula is C21H24F2N6O3S. The lowest BCUT2D eigenvalue weighted by Gasteiger charge is -2.21. The maximum Gasteiger partial charge on any atom is 0.243 e. The predicted octanol–water partition coefficient (Wildman–Crippen LogP) is 3.43. The molecule has 1 aromatic carbocycles. The molecule has 1 aliphatic rings. The summed E-state index contributed by atoms with van der Waals surface area (Å²) in [5.41, 5.74) is 0.370. The molecular weight excluding hydrogens is 454 g/mol. The van der Waals surface area contributed by atoms with Crippen LogP contribution in [0.1, 0.15) is 55.9 Å². The van der Waals surface area contributed by atoms with Crippen LogP contribution < -0.4 is 4.72 Å². The van der Waals surface area contributed by atoms with Gasteiger partial charge < -0.3 is 4.74 Å². The second-order valence-corrected chi connectivity index (χ2v) is 10.1. The maximum atomic E-state index is 14.7. The Morgan fingerprint density at radius 2 is 1.82 bits per heavy atom. The number of hydrogen-bond donors (Lipinski definition) is 1. The van der Waals surface area contributed by atoms with E-state index < -0.39 is 44.6 Å². The quantitative estimate of drug-likeness (QED) is 0.554. The third kappa shape index (κ3) is 4.58. The van der Waals surface area contributed by atoms with Crippen molar-refractivity contribution in [1.29, 1.82) is 0 Å². The topological polar surface area (TPSA) is 112 Å². The van der Waals surface area contributed by atoms with Crippen LogP contribution in [-0.4, -0.2) is 45.0 Å². The Labute approximate surface area is 190 Å². The first-order valence-electron chi connectivity index (χ1n) is 10.5. The summed E-state index contributed by atoms with van der Waals surface area (Å²) in [4.78, 5) is 8.42. The fourth-order valence-electron chi connectivity index (χ4n) is 3.61. The molecule has 0 unspecified atom stereocenters. The Bertz CT molecular complexity index is 1220. The Balaban J connectivity index is 1.72. The third-order valence-electron chi connectivity index (χ3n) is 5.70. The number of nitrogens with one attached hydrogen (secondary N) is 1. The van der Waals surface area contributed by atoms with Crippen molar-refractivity contribution in [3.63, 3.8) is 0 Å². The van der Waals surface area contributed by atoms with Crippen LogP contribution in [0.3, 0.4) is 0 Å². The van der Waals surface area contributed by atoms with Gasteiger partial charge in [-0.2, -0.15) is 0 Å². The van der Waals surface area contributed by atoms with Crippen LogP contribution in [0.4, 0.5) is 14.7 Å². The van der Waals surface area contributed by atoms with Crippen molar-refractivity contribution < 1.29 is 21.9 Å². The van der Waals surface area contributed by atoms with Crippen LogP contribution in [0.5, 0.6) is 0 Å². The molecule has 3 aromatic rings. The summed E-state index contributed by atoms with van der Waals surface area (Å²) in [6.45, 7) is 5.48. The summed E-state index contributed by atoms with van der Waals surface area (Å²) < 4.78 is 64.8. The van der Waals surface area contributed by atoms with Gasteiger partial charge in [-0.3, -0.25) is 9.29 Å². The fraction of sp³-hybridized carbons (Fsp3) is 0.429. The van der Waals surface area contributed by atoms with Crippen molar-refractivity contribution >= 4 is 16.0 Å². The van der Waals surface area contributed by atoms with Gasteiger partial charge in [0.05, 0.1) is 5.25 Å². The van der Waals surface area contributed by atoms with Crippen molar-refractivity contribution in [3.05, 3.63) is 59.4 Å². The van der Waals surface area contributed by atoms with E-state index in [1.807, 2.05) is 6.92 Å². The Hall–Kier alpha value is -2.99. The average Bonchev–Trinajstić information content (AvgIpc) is 3.43. The molecule has 3 atom stereocenters. The van der Waals surface area contributed by atoms with E-state index in [9.17, 15) is 17.2 Å². The van der Waals surface area contributed by atoms with Crippen LogP contribution in [0.2, 0.25) is 0 Å². The molecule has 1 aliphatic heterocycles. The Morgan fingerprint density at radius 3 is 2.42 bits per heavy atom. The van der Waals surface area contributed by atoms with Crippen LogP contribution in [0, 0.1) is 18.6 Å². The molecule has 3 heterocycles. The first-order valence-corrected chi connectivity index (χ1v) is 12.0. The molecule has 176 valence electrons. The van der Waals surface area contributed by atoms with E-state index >= 15 is 0 Å². The van der Waals surface area contributed by atoms with Gasteiger partial charge in [-0.25, -0.2) is 27.2 Å². The van der Waals surface area contributed by atoms with Crippen molar-refractivity contribution in [2.75, 3.05) is 11.3 Å². The van der Waals surface area contributed by atoms with E-state index in [1.165, 1.54) is 13.0 Å². The second-order valence-electron chi connectivity index (χ2n) is 8.05. The molecule has 0 radical (unpaired) electrons. The third-order valence-corrected chi connectivity index (χ3v) is 7.56. The summed E-state index contributed by atoms with van der Waals surface area (Å²) in [6, 6.07) is 3.38. The highest BCUT2D eigenvalue weighted by Crippen LogP contribution is 2.33. The van der Waals surface area contributed by atoms with Crippen molar-refractivity contribution in [2.24, 2.45) is 0 Å². The van der Waals surface area contributed by atoms with Gasteiger partial charge >= 0.3 is 0 Å². The monoisotopic (exact) mass is 478 g/mol. The van der Waals surface area contributed by atoms with Crippen LogP contribution in [0.25, 0.3) is 5.69 Å². The summed E-state index contributed by atoms with van der Waals surface area (Å²) >= 11 is 0. The van der Waals surface area contributed by atoms with Crippen molar-refractivity contribution in [3.8, 4) is 5.69 Å². The number of aromatic nitrogens is 5. The zero-order valence-electron chi connectivity index (χ0n) is 18.4. The smallest absolute Gasteiger partial charge is 0.243 e. The lowest BCUT2D eigenvalue weighted by atomic mass is 10.1. The number of hydrogen-bond acceptors (Lipinski definition) is 7. The van der Waals surface area contributed by atoms with E-state index in [0.717, 1.165) is 28.7 Å². The predicted molar refractivity (Wildman–Crippen MR) is 116 cm³/mol. The highest BCUT2D eigenvalue weighted by atomic mass is 32.2. The standard InChI is InChI=1S/C21H24F2N6O3S/c1-12-10-24-19(25-11-12)13(2)14(3)33(30,31)28-21-27-26-20(17-8-5-9-32-17)29(21)18-15(22)6-4-7-16(18)23/h4,6-7,10-11,13-14,17H,5,8-9H2,1-3H3,(H,27,28)/t13-,14-,17+/m0/s1. The number of sulfonamides is 1. The number of anilines is 1. The largest absolute Gasteiger partial charge is 0.370 e. The summed E-state index contributed by atoms with van der Waals surface area (Å²) in [6.07, 6.45) is 3.96. The molecule has 0 spiro atoms. The molecule has 1 saturated heterocycles. The normalized spacial score (nSPS) is 18.3. The number of aryl methyl sites for hydroxylation is 1. The number of benzene rings is 1. The van der Waals surface area contributed by atoms with Gasteiger partial charge in [0.15, 0.2) is 5.82 Å². The number of para-hydroxylation sites is 1. The van der Waals surface area contributed by atoms with Gasteiger partial charge in [0.1, 0.15) is 29.3 Å². The minimum absolute atomic E-state index is 0.122. The number of nitrogens with zero attached hydrogens (tertiary/aromatic N) is 5. The minimum atomic E-state index is -4.08. The Kier molecular flexibility index (Phi) is 6.39. The van der Waals surface area contributed by atoms with Gasteiger partial charge in [-0.15, -0.1) is 10.2 Å². The molecule has 9 nitrogen and oxygen atoms in total. The number of rotatable bonds is 7. The van der Waals surface area contributed by atoms with Crippen LogP contribution in [0.15, 0.2) is 30.6 Å². The SMILES string of the molecule is Cc1cnc([C@@H](C)[C@H](C)S(=O)(=O)Nc2nnc([C@H]3CCCO3)n2-c2c(F)cccc2F)nc1. The lowest BCUT2D eigenvalue weighted by Crippen LogP contribution is -2.31. The first-order chi connectivity index (χ1) is 15.7. The van der Waals surface area contributed by atoms with E-state index in [4.69, 9.17) is 4.74 Å². The van der Waals surface area contributed by atoms with Gasteiger partial charge in [-0.1, -0.05) is 13.0 Å². The van der Waals surface area contributed by atoms with Gasteiger partial charge in [0.2, 0.25) is 16.0 Å². The zero-order chi connectivity index (χ0) is 23.8. The van der Waals surface area contributed by atoms with Crippen molar-refractivity contribution in [1.82, 2.24) is 24.7 Å². The minimum Gasteiger partial charge on any atom is -0.370 e. The van der Waals surface area contributed by atoms with Crippen LogP contribution >= 0.6 is 0 Å². The van der Waals surface area contributed by atoms with Gasteiger partial charge in [0.25, 0.3) is 0 Å². The molecule has 0 saturated carbocycles. The summed E-state index contributed by atoms with van der Waals surface area (Å²) in [5, 5.41) is 6.94. The second kappa shape index (κ2) is 9.10. The molecule has 1 fully saturated rings. The number of halogens is 2. The van der Waals surface area contributed by atoms with Gasteiger partial charge in [0, 0.05) is 24.9 Å². The molecule has 2 aromatic heterocycles. The molecule has 4 rings (SSSR count). The van der Waals surface area contributed by atoms with E-state index in [2.05, 4.69) is 24.9 Å². The maximum absolute atomic E-state index is 14.7. The van der Waals surface area contributed by atoms with E-state index in [-0.39, 0.29) is 11.8 Å². The van der Waals surface area contributed by atoms with E-state index in [0.29, 0.717) is 18.9 Å². The highest BCUT2D eigenvalue weighted by molar-refractivity contribution is 7.93. The van der Waals surface area contributed by atoms with Gasteiger partial charge in [-0.05, 0) is 44.4 Å². The molecule has 0 bridgehead atoms.